The van der Waals surface area contributed by atoms with E-state index in [1.807, 2.05) is 24.4 Å². The Balaban J connectivity index is 1.67. The molecule has 1 atom stereocenters. The minimum Gasteiger partial charge on any atom is -0.493 e. The van der Waals surface area contributed by atoms with E-state index < -0.39 is 0 Å². The van der Waals surface area contributed by atoms with Crippen molar-refractivity contribution in [1.29, 1.82) is 0 Å². The number of ether oxygens (including phenoxy) is 1. The number of fused-ring (bicyclic) bond motifs is 1. The molecule has 1 aromatic heterocycles. The molecule has 1 amide bonds. The molecule has 0 aliphatic carbocycles. The maximum atomic E-state index is 12.0. The molecule has 1 unspecified atom stereocenters. The summed E-state index contributed by atoms with van der Waals surface area (Å²) in [5.74, 6) is 1.49. The summed E-state index contributed by atoms with van der Waals surface area (Å²) in [6.45, 7) is 3.50. The highest BCUT2D eigenvalue weighted by Gasteiger charge is 2.22. The lowest BCUT2D eigenvalue weighted by Crippen LogP contribution is -2.42. The van der Waals surface area contributed by atoms with Crippen molar-refractivity contribution < 1.29 is 9.53 Å². The third-order valence-corrected chi connectivity index (χ3v) is 5.41. The number of aromatic nitrogens is 1. The second-order valence-corrected chi connectivity index (χ2v) is 8.19. The second-order valence-electron chi connectivity index (χ2n) is 6.87. The SMILES string of the molecule is Cc1cnc(CCNC(=NCC(=O)N(C)C)NC2CCOc3ccccc32)s1. The van der Waals surface area contributed by atoms with E-state index in [0.717, 1.165) is 29.2 Å². The standard InChI is InChI=1S/C20H27N5O2S/c1-14-12-22-18(28-14)8-10-21-20(23-13-19(26)25(2)3)24-16-9-11-27-17-7-5-4-6-15(16)17/h4-7,12,16H,8-11,13H2,1-3H3,(H2,21,23,24). The summed E-state index contributed by atoms with van der Waals surface area (Å²) in [7, 11) is 3.47. The summed E-state index contributed by atoms with van der Waals surface area (Å²) in [4.78, 5) is 23.6. The molecule has 0 spiro atoms. The third-order valence-electron chi connectivity index (χ3n) is 4.44. The van der Waals surface area contributed by atoms with Crippen molar-refractivity contribution in [3.8, 4) is 5.75 Å². The van der Waals surface area contributed by atoms with Gasteiger partial charge in [0.2, 0.25) is 5.91 Å². The first kappa shape index (κ1) is 20.1. The molecule has 2 N–H and O–H groups in total. The van der Waals surface area contributed by atoms with Crippen LogP contribution in [-0.2, 0) is 11.2 Å². The zero-order valence-electron chi connectivity index (χ0n) is 16.6. The summed E-state index contributed by atoms with van der Waals surface area (Å²) in [6.07, 6.45) is 3.54. The summed E-state index contributed by atoms with van der Waals surface area (Å²) in [5.41, 5.74) is 1.11. The number of hydrogen-bond acceptors (Lipinski definition) is 5. The highest BCUT2D eigenvalue weighted by Crippen LogP contribution is 2.31. The summed E-state index contributed by atoms with van der Waals surface area (Å²) < 4.78 is 5.74. The molecule has 0 fully saturated rings. The van der Waals surface area contributed by atoms with Crippen LogP contribution in [0.2, 0.25) is 0 Å². The van der Waals surface area contributed by atoms with Crippen molar-refractivity contribution in [2.24, 2.45) is 4.99 Å². The van der Waals surface area contributed by atoms with Crippen LogP contribution in [-0.4, -0.2) is 55.5 Å². The van der Waals surface area contributed by atoms with Crippen LogP contribution in [0.3, 0.4) is 0 Å². The van der Waals surface area contributed by atoms with Crippen molar-refractivity contribution in [1.82, 2.24) is 20.5 Å². The van der Waals surface area contributed by atoms with E-state index in [1.165, 1.54) is 4.88 Å². The number of benzene rings is 1. The van der Waals surface area contributed by atoms with E-state index in [9.17, 15) is 4.79 Å². The molecule has 0 radical (unpaired) electrons. The van der Waals surface area contributed by atoms with Gasteiger partial charge in [-0.05, 0) is 13.0 Å². The Bertz CT molecular complexity index is 834. The number of nitrogens with zero attached hydrogens (tertiary/aromatic N) is 3. The third kappa shape index (κ3) is 5.45. The van der Waals surface area contributed by atoms with Gasteiger partial charge in [-0.1, -0.05) is 18.2 Å². The molecular formula is C20H27N5O2S. The number of carbonyl (C=O) groups excluding carboxylic acids is 1. The molecule has 2 aromatic rings. The number of likely N-dealkylation sites (N-methyl/N-ethyl adjacent to an activating group) is 1. The Labute approximate surface area is 169 Å². The fourth-order valence-corrected chi connectivity index (χ4v) is 3.69. The molecule has 3 rings (SSSR count). The van der Waals surface area contributed by atoms with Crippen molar-refractivity contribution in [2.45, 2.75) is 25.8 Å². The van der Waals surface area contributed by atoms with Crippen molar-refractivity contribution in [3.63, 3.8) is 0 Å². The lowest BCUT2D eigenvalue weighted by atomic mass is 10.0. The van der Waals surface area contributed by atoms with Crippen LogP contribution in [0, 0.1) is 6.92 Å². The van der Waals surface area contributed by atoms with Gasteiger partial charge in [-0.25, -0.2) is 9.98 Å². The second kappa shape index (κ2) is 9.54. The number of nitrogens with one attached hydrogen (secondary N) is 2. The number of hydrogen-bond donors (Lipinski definition) is 2. The first-order valence-corrected chi connectivity index (χ1v) is 10.2. The van der Waals surface area contributed by atoms with Gasteiger partial charge in [0.25, 0.3) is 0 Å². The van der Waals surface area contributed by atoms with Gasteiger partial charge in [0.05, 0.1) is 17.7 Å². The highest BCUT2D eigenvalue weighted by atomic mass is 32.1. The van der Waals surface area contributed by atoms with Crippen LogP contribution in [0.1, 0.15) is 27.9 Å². The number of aliphatic imine (C=N–C) groups is 1. The van der Waals surface area contributed by atoms with Gasteiger partial charge < -0.3 is 20.3 Å². The normalized spacial score (nSPS) is 16.1. The first-order valence-electron chi connectivity index (χ1n) is 9.41. The van der Waals surface area contributed by atoms with E-state index in [2.05, 4.69) is 33.6 Å². The largest absolute Gasteiger partial charge is 0.493 e. The molecule has 0 saturated carbocycles. The molecular weight excluding hydrogens is 374 g/mol. The average Bonchev–Trinajstić information content (AvgIpc) is 3.11. The van der Waals surface area contributed by atoms with E-state index in [1.54, 1.807) is 30.3 Å². The zero-order chi connectivity index (χ0) is 19.9. The van der Waals surface area contributed by atoms with Gasteiger partial charge in [0.1, 0.15) is 12.3 Å². The number of carbonyl (C=O) groups is 1. The van der Waals surface area contributed by atoms with Crippen LogP contribution in [0.25, 0.3) is 0 Å². The van der Waals surface area contributed by atoms with Crippen molar-refractivity contribution in [2.75, 3.05) is 33.8 Å². The lowest BCUT2D eigenvalue weighted by Gasteiger charge is -2.28. The molecule has 1 aromatic carbocycles. The Kier molecular flexibility index (Phi) is 6.86. The van der Waals surface area contributed by atoms with Gasteiger partial charge in [-0.2, -0.15) is 0 Å². The molecule has 0 bridgehead atoms. The molecule has 150 valence electrons. The zero-order valence-corrected chi connectivity index (χ0v) is 17.4. The average molecular weight is 402 g/mol. The van der Waals surface area contributed by atoms with Crippen LogP contribution in [0.5, 0.6) is 5.75 Å². The van der Waals surface area contributed by atoms with Gasteiger partial charge in [0, 0.05) is 50.1 Å². The quantitative estimate of drug-likeness (QED) is 0.573. The number of rotatable bonds is 6. The van der Waals surface area contributed by atoms with Gasteiger partial charge in [-0.3, -0.25) is 4.79 Å². The first-order chi connectivity index (χ1) is 13.5. The monoisotopic (exact) mass is 401 g/mol. The van der Waals surface area contributed by atoms with E-state index >= 15 is 0 Å². The molecule has 28 heavy (non-hydrogen) atoms. The van der Waals surface area contributed by atoms with Crippen LogP contribution >= 0.6 is 11.3 Å². The Morgan fingerprint density at radius 3 is 2.96 bits per heavy atom. The molecule has 7 nitrogen and oxygen atoms in total. The summed E-state index contributed by atoms with van der Waals surface area (Å²) >= 11 is 1.70. The van der Waals surface area contributed by atoms with E-state index in [0.29, 0.717) is 19.1 Å². The maximum absolute atomic E-state index is 12.0. The van der Waals surface area contributed by atoms with Gasteiger partial charge in [-0.15, -0.1) is 11.3 Å². The summed E-state index contributed by atoms with van der Waals surface area (Å²) in [5, 5.41) is 7.90. The molecule has 1 aliphatic heterocycles. The highest BCUT2D eigenvalue weighted by molar-refractivity contribution is 7.11. The van der Waals surface area contributed by atoms with Gasteiger partial charge >= 0.3 is 0 Å². The van der Waals surface area contributed by atoms with Gasteiger partial charge in [0.15, 0.2) is 5.96 Å². The number of para-hydroxylation sites is 1. The molecule has 2 heterocycles. The summed E-state index contributed by atoms with van der Waals surface area (Å²) in [6, 6.07) is 8.11. The Morgan fingerprint density at radius 2 is 2.21 bits per heavy atom. The topological polar surface area (TPSA) is 78.9 Å². The fraction of sp³-hybridized carbons (Fsp3) is 0.450. The Hall–Kier alpha value is -2.61. The maximum Gasteiger partial charge on any atom is 0.243 e. The number of thiazole rings is 1. The predicted molar refractivity (Wildman–Crippen MR) is 112 cm³/mol. The fourth-order valence-electron chi connectivity index (χ4n) is 2.90. The van der Waals surface area contributed by atoms with Crippen molar-refractivity contribution in [3.05, 3.63) is 45.9 Å². The van der Waals surface area contributed by atoms with Crippen LogP contribution in [0.15, 0.2) is 35.5 Å². The van der Waals surface area contributed by atoms with Crippen molar-refractivity contribution >= 4 is 23.2 Å². The Morgan fingerprint density at radius 1 is 1.39 bits per heavy atom. The van der Waals surface area contributed by atoms with E-state index in [4.69, 9.17) is 4.74 Å². The molecule has 8 heteroatoms. The minimum atomic E-state index is -0.0379. The van der Waals surface area contributed by atoms with Crippen LogP contribution < -0.4 is 15.4 Å². The smallest absolute Gasteiger partial charge is 0.243 e. The predicted octanol–water partition coefficient (Wildman–Crippen LogP) is 2.14. The minimum absolute atomic E-state index is 0.0379. The number of aryl methyl sites for hydroxylation is 1. The van der Waals surface area contributed by atoms with E-state index in [-0.39, 0.29) is 18.5 Å². The molecule has 1 aliphatic rings. The van der Waals surface area contributed by atoms with Crippen LogP contribution in [0.4, 0.5) is 0 Å². The number of guanidine groups is 1. The lowest BCUT2D eigenvalue weighted by molar-refractivity contribution is -0.127. The number of amides is 1. The molecule has 0 saturated heterocycles.